The van der Waals surface area contributed by atoms with Gasteiger partial charge >= 0.3 is 102 Å². The normalized spacial score (nSPS) is 6.57. The van der Waals surface area contributed by atoms with Crippen LogP contribution in [0.25, 0.3) is 4.85 Å². The number of benzene rings is 4. The number of rotatable bonds is 7. The molecule has 0 atom stereocenters. The van der Waals surface area contributed by atoms with E-state index in [1.807, 2.05) is 6.92 Å². The van der Waals surface area contributed by atoms with Crippen molar-refractivity contribution in [2.75, 3.05) is 12.4 Å². The molecule has 0 fully saturated rings. The fourth-order valence-electron chi connectivity index (χ4n) is 3.31. The molecule has 0 radical (unpaired) electrons. The standard InChI is InChI=1S/C25H22P2.C4H7N.9CO.3Os/c1-5-13-22(14-6-1)26(23-15-7-2-8-16-23)21-27(24-17-9-3-10-18-24)25-19-11-4-12-20-25;1-3-4-5-2;9*1-2;;;/h1-20H,21H2;3-4H2,1H3;;;;;;;;;;;;. The molecule has 10 nitrogen and oxygen atoms in total. The average Bonchev–Trinajstić information content (AvgIpc) is 3.27. The molecule has 0 aliphatic carbocycles. The van der Waals surface area contributed by atoms with Gasteiger partial charge in [0.05, 0.1) is 0 Å². The van der Waals surface area contributed by atoms with Crippen molar-refractivity contribution in [2.24, 2.45) is 0 Å². The molecule has 0 aliphatic heterocycles. The number of hydrogen-bond donors (Lipinski definition) is 0. The van der Waals surface area contributed by atoms with Crippen LogP contribution in [0.4, 0.5) is 0 Å². The summed E-state index contributed by atoms with van der Waals surface area (Å²) in [6.07, 6.45) is 0.990. The molecule has 0 heterocycles. The first-order chi connectivity index (χ1) is 24.8. The predicted molar refractivity (Wildman–Crippen MR) is 180 cm³/mol. The van der Waals surface area contributed by atoms with E-state index in [9.17, 15) is 0 Å². The molecule has 0 N–H and O–H groups in total. The topological polar surface area (TPSA) is 183 Å². The van der Waals surface area contributed by atoms with Gasteiger partial charge in [-0.25, -0.2) is 6.57 Å². The fraction of sp³-hybridized carbons (Fsp3) is 0.105. The number of hydrogen-bond acceptors (Lipinski definition) is 0. The molecule has 0 amide bonds. The zero-order valence-electron chi connectivity index (χ0n) is 27.7. The van der Waals surface area contributed by atoms with Crippen LogP contribution in [0.3, 0.4) is 0 Å². The van der Waals surface area contributed by atoms with Crippen molar-refractivity contribution in [1.29, 1.82) is 0 Å². The Morgan fingerprint density at radius 2 is 0.547 bits per heavy atom. The van der Waals surface area contributed by atoms with Gasteiger partial charge in [0.25, 0.3) is 0 Å². The van der Waals surface area contributed by atoms with Crippen LogP contribution < -0.4 is 21.2 Å². The first-order valence-electron chi connectivity index (χ1n) is 12.8. The third kappa shape index (κ3) is 41.4. The third-order valence-corrected chi connectivity index (χ3v) is 10.8. The van der Waals surface area contributed by atoms with Gasteiger partial charge in [-0.2, -0.15) is 0 Å². The van der Waals surface area contributed by atoms with Crippen LogP contribution in [-0.2, 0) is 101 Å². The maximum absolute atomic E-state index is 7.50. The Hall–Kier alpha value is -3.20. The Bertz CT molecular complexity index is 1260. The average molecular weight is 1280 g/mol. The van der Waals surface area contributed by atoms with Gasteiger partial charge < -0.3 is 4.85 Å². The predicted octanol–water partition coefficient (Wildman–Crippen LogP) is 6.18. The van der Waals surface area contributed by atoms with E-state index in [1.54, 1.807) is 0 Å². The first-order valence-corrected chi connectivity index (χ1v) is 15.8. The summed E-state index contributed by atoms with van der Waals surface area (Å²) in [5, 5.41) is 5.83. The molecule has 0 saturated heterocycles. The van der Waals surface area contributed by atoms with E-state index in [1.165, 1.54) is 27.1 Å². The van der Waals surface area contributed by atoms with E-state index in [4.69, 9.17) is 48.4 Å². The van der Waals surface area contributed by atoms with Crippen LogP contribution in [0.2, 0.25) is 0 Å². The Kier molecular flexibility index (Phi) is 105. The molecule has 0 aromatic heterocycles. The zero-order valence-corrected chi connectivity index (χ0v) is 37.2. The summed E-state index contributed by atoms with van der Waals surface area (Å²) in [5.41, 5.74) is 0. The van der Waals surface area contributed by atoms with Crippen LogP contribution in [0.1, 0.15) is 13.3 Å². The molecule has 0 saturated carbocycles. The second-order valence-electron chi connectivity index (χ2n) is 7.22. The van der Waals surface area contributed by atoms with Crippen molar-refractivity contribution in [3.05, 3.63) is 193 Å². The van der Waals surface area contributed by atoms with E-state index < -0.39 is 15.8 Å². The van der Waals surface area contributed by atoms with Gasteiger partial charge in [-0.05, 0) is 37.1 Å². The Labute approximate surface area is 354 Å². The maximum Gasteiger partial charge on any atom is 0.00405 e. The van der Waals surface area contributed by atoms with Crippen LogP contribution in [0, 0.1) is 66.4 Å². The largest absolute Gasteiger partial charge is 0.0622 e. The van der Waals surface area contributed by atoms with E-state index >= 15 is 0 Å². The van der Waals surface area contributed by atoms with Crippen molar-refractivity contribution < 1.29 is 101 Å². The molecule has 15 heteroatoms. The summed E-state index contributed by atoms with van der Waals surface area (Å²) >= 11 is 0. The minimum absolute atomic E-state index is 0. The quantitative estimate of drug-likeness (QED) is 0.117. The van der Waals surface area contributed by atoms with Crippen LogP contribution >= 0.6 is 15.8 Å². The van der Waals surface area contributed by atoms with E-state index in [-0.39, 0.29) is 59.4 Å². The van der Waals surface area contributed by atoms with Gasteiger partial charge in [-0.1, -0.05) is 128 Å². The molecular formula is C38H29NO9Os3P2. The van der Waals surface area contributed by atoms with Crippen molar-refractivity contribution in [2.45, 2.75) is 13.3 Å². The van der Waals surface area contributed by atoms with Crippen LogP contribution in [0.5, 0.6) is 0 Å². The van der Waals surface area contributed by atoms with Crippen LogP contribution in [0.15, 0.2) is 121 Å². The maximum atomic E-state index is 7.50. The molecule has 53 heavy (non-hydrogen) atoms. The van der Waals surface area contributed by atoms with Gasteiger partial charge in [0.15, 0.2) is 0 Å². The van der Waals surface area contributed by atoms with Crippen molar-refractivity contribution >= 4 is 37.1 Å². The summed E-state index contributed by atoms with van der Waals surface area (Å²) < 4.78 is 67.5. The molecule has 0 bridgehead atoms. The van der Waals surface area contributed by atoms with Crippen LogP contribution in [-0.4, -0.2) is 12.4 Å². The minimum Gasteiger partial charge on any atom is -0.0622 e. The molecule has 0 unspecified atom stereocenters. The molecule has 0 aliphatic rings. The third-order valence-electron chi connectivity index (χ3n) is 4.89. The van der Waals surface area contributed by atoms with Gasteiger partial charge in [0, 0.05) is 71.7 Å². The molecule has 0 spiro atoms. The summed E-state index contributed by atoms with van der Waals surface area (Å²) in [6.45, 7) is 49.4. The van der Waals surface area contributed by atoms with Gasteiger partial charge in [0.1, 0.15) is 0 Å². The van der Waals surface area contributed by atoms with E-state index in [2.05, 4.69) is 186 Å². The van der Waals surface area contributed by atoms with Gasteiger partial charge in [-0.3, -0.25) is 0 Å². The summed E-state index contributed by atoms with van der Waals surface area (Å²) in [4.78, 5) is 3.10. The van der Waals surface area contributed by atoms with Crippen molar-refractivity contribution in [3.63, 3.8) is 0 Å². The molecule has 4 rings (SSSR count). The minimum atomic E-state index is -0.409. The smallest absolute Gasteiger partial charge is 0.00405 e. The molecule has 274 valence electrons. The second kappa shape index (κ2) is 74.1. The Balaban J connectivity index is -0.0000000760. The Morgan fingerprint density at radius 1 is 0.377 bits per heavy atom. The number of nitrogens with zero attached hydrogens (tertiary/aromatic N) is 1. The molecular weight excluding hydrogens is 1250 g/mol. The SMILES string of the molecule is [C-]#[N+]CCC.[C-]#[O+].[C-]#[O+].[C-]#[O+].[C-]#[O+].[C-]#[O+].[C-]#[O+].[C-]#[O+].[C-]#[O+].[C-]#[O+].[Os].[Os].[Os].c1ccc(P(CP(c2ccccc2)c2ccccc2)c2ccccc2)cc1. The van der Waals surface area contributed by atoms with E-state index in [0.29, 0.717) is 6.54 Å². The Morgan fingerprint density at radius 3 is 0.660 bits per heavy atom. The van der Waals surface area contributed by atoms with Gasteiger partial charge in [0.2, 0.25) is 6.54 Å². The summed E-state index contributed by atoms with van der Waals surface area (Å²) in [5.74, 6) is 1.17. The molecule has 4 aromatic rings. The summed E-state index contributed by atoms with van der Waals surface area (Å²) in [7, 11) is -0.817. The monoisotopic (exact) mass is 1280 g/mol. The zero-order chi connectivity index (χ0) is 40.4. The fourth-order valence-corrected chi connectivity index (χ4v) is 9.78. The van der Waals surface area contributed by atoms with Crippen molar-refractivity contribution in [1.82, 2.24) is 0 Å². The second-order valence-corrected chi connectivity index (χ2v) is 12.1. The molecule has 4 aromatic carbocycles. The van der Waals surface area contributed by atoms with Gasteiger partial charge in [-0.15, -0.1) is 0 Å². The van der Waals surface area contributed by atoms with E-state index in [0.717, 1.165) is 6.42 Å². The summed E-state index contributed by atoms with van der Waals surface area (Å²) in [6, 6.07) is 44.1. The van der Waals surface area contributed by atoms with Crippen molar-refractivity contribution in [3.8, 4) is 0 Å². The first kappa shape index (κ1) is 74.9.